The molecule has 0 radical (unpaired) electrons. The number of rotatable bonds is 8. The Bertz CT molecular complexity index is 970. The maximum Gasteiger partial charge on any atom is 0.330 e. The Kier molecular flexibility index (Phi) is 7.55. The number of carbonyl (C=O) groups excluding carboxylic acids is 1. The van der Waals surface area contributed by atoms with Gasteiger partial charge in [0.25, 0.3) is 5.56 Å². The summed E-state index contributed by atoms with van der Waals surface area (Å²) in [6.07, 6.45) is 4.67. The molecule has 3 atom stereocenters. The van der Waals surface area contributed by atoms with Crippen LogP contribution in [0.25, 0.3) is 0 Å². The van der Waals surface area contributed by atoms with Crippen LogP contribution in [0.3, 0.4) is 0 Å². The number of hydrogen-bond acceptors (Lipinski definition) is 7. The second-order valence-electron chi connectivity index (χ2n) is 9.89. The van der Waals surface area contributed by atoms with E-state index in [1.54, 1.807) is 12.0 Å². The number of hydrogen-bond donors (Lipinski definition) is 2. The predicted octanol–water partition coefficient (Wildman–Crippen LogP) is 2.76. The molecule has 4 rings (SSSR count). The van der Waals surface area contributed by atoms with Gasteiger partial charge in [0.2, 0.25) is 5.91 Å². The summed E-state index contributed by atoms with van der Waals surface area (Å²) in [5, 5.41) is 0. The lowest BCUT2D eigenvalue weighted by atomic mass is 9.79. The molecule has 0 aromatic carbocycles. The van der Waals surface area contributed by atoms with E-state index in [0.29, 0.717) is 42.0 Å². The second-order valence-corrected chi connectivity index (χ2v) is 12.9. The van der Waals surface area contributed by atoms with Gasteiger partial charge in [0, 0.05) is 44.2 Å². The SMILES string of the molecule is COCCCN(C(=O)C1C[C@H]2CC[C@@H](C1)C21SCCS1)c1c(N)n(CC(C)C)c(=O)[nH]c1=O. The van der Waals surface area contributed by atoms with Crippen LogP contribution >= 0.6 is 23.5 Å². The first-order chi connectivity index (χ1) is 15.8. The molecule has 10 heteroatoms. The second kappa shape index (κ2) is 10.1. The molecule has 2 heterocycles. The molecule has 1 unspecified atom stereocenters. The third-order valence-electron chi connectivity index (χ3n) is 7.26. The van der Waals surface area contributed by atoms with Crippen LogP contribution in [0.4, 0.5) is 11.5 Å². The van der Waals surface area contributed by atoms with Gasteiger partial charge in [-0.1, -0.05) is 13.8 Å². The van der Waals surface area contributed by atoms with Crippen LogP contribution in [0.1, 0.15) is 46.0 Å². The quantitative estimate of drug-likeness (QED) is 0.533. The van der Waals surface area contributed by atoms with Gasteiger partial charge in [0.05, 0.1) is 4.08 Å². The van der Waals surface area contributed by atoms with Crippen molar-refractivity contribution in [2.45, 2.75) is 56.6 Å². The highest BCUT2D eigenvalue weighted by Crippen LogP contribution is 2.66. The maximum absolute atomic E-state index is 13.9. The van der Waals surface area contributed by atoms with Crippen molar-refractivity contribution in [1.29, 1.82) is 0 Å². The van der Waals surface area contributed by atoms with Crippen LogP contribution in [0.2, 0.25) is 0 Å². The fourth-order valence-corrected chi connectivity index (χ4v) is 9.84. The van der Waals surface area contributed by atoms with Gasteiger partial charge in [0.1, 0.15) is 5.82 Å². The van der Waals surface area contributed by atoms with Crippen molar-refractivity contribution in [1.82, 2.24) is 9.55 Å². The molecule has 33 heavy (non-hydrogen) atoms. The highest BCUT2D eigenvalue weighted by molar-refractivity contribution is 8.21. The molecule has 3 fully saturated rings. The van der Waals surface area contributed by atoms with Gasteiger partial charge >= 0.3 is 5.69 Å². The van der Waals surface area contributed by atoms with Gasteiger partial charge < -0.3 is 15.4 Å². The number of carbonyl (C=O) groups is 1. The Balaban J connectivity index is 1.65. The first-order valence-corrected chi connectivity index (χ1v) is 14.0. The number of nitrogens with two attached hydrogens (primary N) is 1. The molecule has 1 spiro atoms. The molecule has 2 bridgehead atoms. The van der Waals surface area contributed by atoms with Crippen molar-refractivity contribution < 1.29 is 9.53 Å². The summed E-state index contributed by atoms with van der Waals surface area (Å²) in [5.74, 6) is 3.53. The van der Waals surface area contributed by atoms with Crippen molar-refractivity contribution >= 4 is 40.9 Å². The molecular weight excluding hydrogens is 460 g/mol. The highest BCUT2D eigenvalue weighted by Gasteiger charge is 2.57. The standard InChI is InChI=1S/C23H36N4O4S2/c1-14(2)13-27-19(24)18(20(28)25-22(27)30)26(7-4-8-31-3)21(29)15-11-16-5-6-17(12-15)23(16)32-9-10-33-23/h14-17H,4-13,24H2,1-3H3,(H,25,28,30)/t15?,16-,17+. The molecule has 8 nitrogen and oxygen atoms in total. The van der Waals surface area contributed by atoms with Gasteiger partial charge in [-0.25, -0.2) is 4.79 Å². The zero-order valence-corrected chi connectivity index (χ0v) is 21.4. The number of ether oxygens (including phenoxy) is 1. The fourth-order valence-electron chi connectivity index (χ4n) is 5.91. The third kappa shape index (κ3) is 4.62. The molecule has 1 aliphatic heterocycles. The summed E-state index contributed by atoms with van der Waals surface area (Å²) in [7, 11) is 1.62. The Morgan fingerprint density at radius 1 is 1.24 bits per heavy atom. The number of aromatic amines is 1. The van der Waals surface area contributed by atoms with E-state index < -0.39 is 11.2 Å². The minimum atomic E-state index is -0.597. The first-order valence-electron chi connectivity index (χ1n) is 12.0. The number of nitrogen functional groups attached to an aromatic ring is 1. The van der Waals surface area contributed by atoms with Crippen molar-refractivity contribution in [3.8, 4) is 0 Å². The van der Waals surface area contributed by atoms with E-state index in [1.165, 1.54) is 28.9 Å². The number of aromatic nitrogens is 2. The Hall–Kier alpha value is -1.39. The molecule has 3 N–H and O–H groups in total. The van der Waals surface area contributed by atoms with Crippen LogP contribution in [-0.4, -0.2) is 51.3 Å². The zero-order valence-electron chi connectivity index (χ0n) is 19.8. The number of methoxy groups -OCH3 is 1. The van der Waals surface area contributed by atoms with Gasteiger partial charge in [0.15, 0.2) is 5.69 Å². The maximum atomic E-state index is 13.9. The topological polar surface area (TPSA) is 110 Å². The summed E-state index contributed by atoms with van der Waals surface area (Å²) in [6.45, 7) is 5.13. The lowest BCUT2D eigenvalue weighted by Crippen LogP contribution is -2.47. The van der Waals surface area contributed by atoms with E-state index >= 15 is 0 Å². The molecule has 1 aromatic heterocycles. The summed E-state index contributed by atoms with van der Waals surface area (Å²) in [6, 6.07) is 0. The molecule has 2 saturated carbocycles. The van der Waals surface area contributed by atoms with Crippen molar-refractivity contribution in [3.63, 3.8) is 0 Å². The molecule has 184 valence electrons. The van der Waals surface area contributed by atoms with Crippen LogP contribution in [-0.2, 0) is 16.1 Å². The predicted molar refractivity (Wildman–Crippen MR) is 136 cm³/mol. The van der Waals surface area contributed by atoms with Gasteiger partial charge in [-0.3, -0.25) is 19.1 Å². The zero-order chi connectivity index (χ0) is 23.8. The van der Waals surface area contributed by atoms with Gasteiger partial charge in [-0.2, -0.15) is 0 Å². The van der Waals surface area contributed by atoms with Crippen LogP contribution in [0, 0.1) is 23.7 Å². The van der Waals surface area contributed by atoms with E-state index in [-0.39, 0.29) is 29.2 Å². The summed E-state index contributed by atoms with van der Waals surface area (Å²) < 4.78 is 6.87. The Labute approximate surface area is 203 Å². The van der Waals surface area contributed by atoms with E-state index in [2.05, 4.69) is 28.5 Å². The summed E-state index contributed by atoms with van der Waals surface area (Å²) >= 11 is 4.20. The smallest absolute Gasteiger partial charge is 0.330 e. The number of nitrogens with zero attached hydrogens (tertiary/aromatic N) is 2. The van der Waals surface area contributed by atoms with E-state index in [4.69, 9.17) is 10.5 Å². The minimum absolute atomic E-state index is 0.0437. The normalized spacial score (nSPS) is 25.8. The lowest BCUT2D eigenvalue weighted by Gasteiger charge is -2.43. The molecular formula is C23H36N4O4S2. The number of nitrogens with one attached hydrogen (secondary N) is 1. The molecule has 1 aromatic rings. The van der Waals surface area contributed by atoms with Crippen LogP contribution < -0.4 is 21.9 Å². The number of H-pyrrole nitrogens is 1. The average molecular weight is 497 g/mol. The Morgan fingerprint density at radius 3 is 2.45 bits per heavy atom. The first kappa shape index (κ1) is 24.7. The largest absolute Gasteiger partial charge is 0.385 e. The monoisotopic (exact) mass is 496 g/mol. The van der Waals surface area contributed by atoms with E-state index in [1.807, 2.05) is 13.8 Å². The van der Waals surface area contributed by atoms with E-state index in [9.17, 15) is 14.4 Å². The van der Waals surface area contributed by atoms with Gasteiger partial charge in [-0.15, -0.1) is 23.5 Å². The number of thioether (sulfide) groups is 2. The molecule has 3 aliphatic rings. The third-order valence-corrected chi connectivity index (χ3v) is 11.3. The van der Waals surface area contributed by atoms with E-state index in [0.717, 1.165) is 12.8 Å². The van der Waals surface area contributed by atoms with Gasteiger partial charge in [-0.05, 0) is 49.9 Å². The summed E-state index contributed by atoms with van der Waals surface area (Å²) in [5.41, 5.74) is 5.35. The van der Waals surface area contributed by atoms with Crippen LogP contribution in [0.5, 0.6) is 0 Å². The number of anilines is 2. The molecule has 1 amide bonds. The Morgan fingerprint density at radius 2 is 1.88 bits per heavy atom. The minimum Gasteiger partial charge on any atom is -0.385 e. The van der Waals surface area contributed by atoms with Crippen molar-refractivity contribution in [3.05, 3.63) is 20.8 Å². The number of amides is 1. The van der Waals surface area contributed by atoms with Crippen molar-refractivity contribution in [2.75, 3.05) is 42.4 Å². The summed E-state index contributed by atoms with van der Waals surface area (Å²) in [4.78, 5) is 43.2. The fraction of sp³-hybridized carbons (Fsp3) is 0.783. The van der Waals surface area contributed by atoms with Crippen molar-refractivity contribution in [2.24, 2.45) is 23.7 Å². The molecule has 1 saturated heterocycles. The molecule has 2 aliphatic carbocycles. The van der Waals surface area contributed by atoms with Crippen LogP contribution in [0.15, 0.2) is 9.59 Å². The average Bonchev–Trinajstić information content (AvgIpc) is 3.30. The highest BCUT2D eigenvalue weighted by atomic mass is 32.2. The lowest BCUT2D eigenvalue weighted by molar-refractivity contribution is -0.124.